The molecule has 0 radical (unpaired) electrons. The number of aliphatic hydroxyl groups is 1. The molecule has 1 fully saturated rings. The van der Waals surface area contributed by atoms with Crippen LogP contribution in [0.2, 0.25) is 0 Å². The molecule has 6 heteroatoms. The first-order chi connectivity index (χ1) is 13.9. The van der Waals surface area contributed by atoms with Gasteiger partial charge in [-0.25, -0.2) is 9.37 Å². The van der Waals surface area contributed by atoms with Crippen LogP contribution in [0.3, 0.4) is 0 Å². The van der Waals surface area contributed by atoms with Crippen molar-refractivity contribution in [3.63, 3.8) is 0 Å². The largest absolute Gasteiger partial charge is 0.456 e. The molecule has 1 saturated carbocycles. The molecule has 1 aliphatic heterocycles. The Bertz CT molecular complexity index is 909. The molecule has 1 aromatic heterocycles. The van der Waals surface area contributed by atoms with Crippen molar-refractivity contribution in [2.45, 2.75) is 58.1 Å². The molecule has 1 aromatic carbocycles. The summed E-state index contributed by atoms with van der Waals surface area (Å²) in [6.45, 7) is 3.84. The molecule has 0 saturated heterocycles. The van der Waals surface area contributed by atoms with Crippen molar-refractivity contribution >= 4 is 11.6 Å². The lowest BCUT2D eigenvalue weighted by Gasteiger charge is -2.27. The maximum Gasteiger partial charge on any atom is 0.172 e. The number of ketones is 1. The molecule has 29 heavy (non-hydrogen) atoms. The molecule has 2 aromatic rings. The highest BCUT2D eigenvalue weighted by Crippen LogP contribution is 2.37. The third kappa shape index (κ3) is 4.13. The molecule has 2 aliphatic rings. The lowest BCUT2D eigenvalue weighted by molar-refractivity contribution is 0.0888. The summed E-state index contributed by atoms with van der Waals surface area (Å²) in [4.78, 5) is 17.5. The molecule has 154 valence electrons. The molecule has 2 heterocycles. The van der Waals surface area contributed by atoms with E-state index in [4.69, 9.17) is 4.74 Å². The molecule has 2 unspecified atom stereocenters. The number of anilines is 1. The Balaban J connectivity index is 1.68. The predicted octanol–water partition coefficient (Wildman–Crippen LogP) is 4.74. The average molecular weight is 398 g/mol. The van der Waals surface area contributed by atoms with Crippen LogP contribution in [-0.4, -0.2) is 28.0 Å². The number of halogens is 1. The van der Waals surface area contributed by atoms with Gasteiger partial charge in [0.1, 0.15) is 23.1 Å². The van der Waals surface area contributed by atoms with Crippen molar-refractivity contribution in [1.29, 1.82) is 0 Å². The van der Waals surface area contributed by atoms with Crippen LogP contribution in [0.1, 0.15) is 55.5 Å². The monoisotopic (exact) mass is 398 g/mol. The smallest absolute Gasteiger partial charge is 0.172 e. The van der Waals surface area contributed by atoms with Crippen LogP contribution < -0.4 is 10.1 Å². The zero-order valence-corrected chi connectivity index (χ0v) is 16.8. The van der Waals surface area contributed by atoms with Gasteiger partial charge in [0, 0.05) is 29.8 Å². The molecular weight excluding hydrogens is 371 g/mol. The number of hydrogen-bond donors (Lipinski definition) is 2. The van der Waals surface area contributed by atoms with Gasteiger partial charge in [-0.3, -0.25) is 4.79 Å². The summed E-state index contributed by atoms with van der Waals surface area (Å²) in [6.07, 6.45) is 5.53. The number of ether oxygens (including phenoxy) is 1. The Morgan fingerprint density at radius 2 is 1.93 bits per heavy atom. The van der Waals surface area contributed by atoms with Crippen LogP contribution in [0.15, 0.2) is 30.5 Å². The van der Waals surface area contributed by atoms with E-state index in [0.29, 0.717) is 18.0 Å². The number of benzene rings is 1. The quantitative estimate of drug-likeness (QED) is 0.765. The molecule has 2 atom stereocenters. The van der Waals surface area contributed by atoms with Crippen molar-refractivity contribution in [3.05, 3.63) is 47.4 Å². The number of fused-ring (bicyclic) bond motifs is 2. The number of aromatic nitrogens is 1. The van der Waals surface area contributed by atoms with Gasteiger partial charge in [0.2, 0.25) is 0 Å². The molecule has 2 N–H and O–H groups in total. The van der Waals surface area contributed by atoms with Crippen LogP contribution in [0.5, 0.6) is 11.5 Å². The molecule has 0 spiro atoms. The third-order valence-corrected chi connectivity index (χ3v) is 6.24. The Morgan fingerprint density at radius 1 is 1.17 bits per heavy atom. The minimum absolute atomic E-state index is 0.0206. The van der Waals surface area contributed by atoms with Gasteiger partial charge >= 0.3 is 0 Å². The van der Waals surface area contributed by atoms with Crippen molar-refractivity contribution in [1.82, 2.24) is 4.98 Å². The summed E-state index contributed by atoms with van der Waals surface area (Å²) >= 11 is 0. The second kappa shape index (κ2) is 8.11. The van der Waals surface area contributed by atoms with E-state index in [1.54, 1.807) is 18.3 Å². The Morgan fingerprint density at radius 3 is 2.69 bits per heavy atom. The highest BCUT2D eigenvalue weighted by Gasteiger charge is 2.30. The molecule has 1 aliphatic carbocycles. The van der Waals surface area contributed by atoms with Gasteiger partial charge in [0.25, 0.3) is 0 Å². The number of aliphatic hydroxyl groups excluding tert-OH is 1. The van der Waals surface area contributed by atoms with E-state index in [0.717, 1.165) is 31.2 Å². The first-order valence-electron chi connectivity index (χ1n) is 10.4. The zero-order valence-electron chi connectivity index (χ0n) is 16.8. The zero-order chi connectivity index (χ0) is 20.5. The number of Topliss-reactive ketones (excluding diaryl/α,β-unsaturated/α-hetero) is 1. The van der Waals surface area contributed by atoms with Gasteiger partial charge in [-0.15, -0.1) is 0 Å². The van der Waals surface area contributed by atoms with E-state index in [1.165, 1.54) is 6.07 Å². The maximum absolute atomic E-state index is 14.5. The third-order valence-electron chi connectivity index (χ3n) is 6.24. The van der Waals surface area contributed by atoms with Gasteiger partial charge in [0.05, 0.1) is 11.7 Å². The summed E-state index contributed by atoms with van der Waals surface area (Å²) < 4.78 is 20.6. The van der Waals surface area contributed by atoms with Crippen molar-refractivity contribution < 1.29 is 19.0 Å². The van der Waals surface area contributed by atoms with Gasteiger partial charge in [0.15, 0.2) is 5.78 Å². The minimum Gasteiger partial charge on any atom is -0.456 e. The van der Waals surface area contributed by atoms with Gasteiger partial charge in [-0.1, -0.05) is 19.9 Å². The standard InChI is InChI=1S/C23H27FN2O3/c1-13-10-15-12-25-21(26-16-6-8-17(27)9-7-16)11-20(15)29-19-5-3-4-18(24)22(19)23(28)14(13)2/h3-5,11-14,16-17,27H,6-10H2,1-2H3,(H,25,26). The van der Waals surface area contributed by atoms with Crippen LogP contribution in [0, 0.1) is 17.7 Å². The SMILES string of the molecule is CC1Cc2cnc(NC3CCC(O)CC3)cc2Oc2cccc(F)c2C(=O)C1C. The fraction of sp³-hybridized carbons (Fsp3) is 0.478. The van der Waals surface area contributed by atoms with E-state index in [9.17, 15) is 14.3 Å². The highest BCUT2D eigenvalue weighted by molar-refractivity contribution is 6.00. The number of nitrogens with one attached hydrogen (secondary N) is 1. The molecule has 5 nitrogen and oxygen atoms in total. The lowest BCUT2D eigenvalue weighted by Crippen LogP contribution is -2.28. The number of carbonyl (C=O) groups is 1. The molecule has 0 bridgehead atoms. The fourth-order valence-corrected chi connectivity index (χ4v) is 4.18. The highest BCUT2D eigenvalue weighted by atomic mass is 19.1. The summed E-state index contributed by atoms with van der Waals surface area (Å²) in [5, 5.41) is 13.1. The van der Waals surface area contributed by atoms with Crippen LogP contribution in [0.25, 0.3) is 0 Å². The topological polar surface area (TPSA) is 71.5 Å². The normalized spacial score (nSPS) is 27.0. The Hall–Kier alpha value is -2.47. The van der Waals surface area contributed by atoms with Crippen LogP contribution >= 0.6 is 0 Å². The average Bonchev–Trinajstić information content (AvgIpc) is 2.73. The molecule has 4 rings (SSSR count). The van der Waals surface area contributed by atoms with Crippen molar-refractivity contribution in [3.8, 4) is 11.5 Å². The minimum atomic E-state index is -0.553. The number of pyridine rings is 1. The van der Waals surface area contributed by atoms with E-state index in [-0.39, 0.29) is 41.1 Å². The predicted molar refractivity (Wildman–Crippen MR) is 109 cm³/mol. The number of nitrogens with zero attached hydrogens (tertiary/aromatic N) is 1. The molecular formula is C23H27FN2O3. The summed E-state index contributed by atoms with van der Waals surface area (Å²) in [5.74, 6) is 0.444. The van der Waals surface area contributed by atoms with E-state index >= 15 is 0 Å². The molecule has 0 amide bonds. The van der Waals surface area contributed by atoms with Gasteiger partial charge in [-0.2, -0.15) is 0 Å². The van der Waals surface area contributed by atoms with Crippen molar-refractivity contribution in [2.24, 2.45) is 11.8 Å². The fourth-order valence-electron chi connectivity index (χ4n) is 4.18. The number of hydrogen-bond acceptors (Lipinski definition) is 5. The number of rotatable bonds is 2. The summed E-state index contributed by atoms with van der Waals surface area (Å²) in [5.41, 5.74) is 0.922. The van der Waals surface area contributed by atoms with Crippen LogP contribution in [-0.2, 0) is 6.42 Å². The van der Waals surface area contributed by atoms with Crippen LogP contribution in [0.4, 0.5) is 10.2 Å². The lowest BCUT2D eigenvalue weighted by atomic mass is 9.84. The Labute approximate surface area is 170 Å². The van der Waals surface area contributed by atoms with E-state index < -0.39 is 5.82 Å². The summed E-state index contributed by atoms with van der Waals surface area (Å²) in [6, 6.07) is 6.58. The first kappa shape index (κ1) is 19.8. The Kier molecular flexibility index (Phi) is 5.54. The van der Waals surface area contributed by atoms with Gasteiger partial charge < -0.3 is 15.2 Å². The van der Waals surface area contributed by atoms with E-state index in [1.807, 2.05) is 19.9 Å². The number of carbonyl (C=O) groups excluding carboxylic acids is 1. The van der Waals surface area contributed by atoms with Gasteiger partial charge in [-0.05, 0) is 50.2 Å². The summed E-state index contributed by atoms with van der Waals surface area (Å²) in [7, 11) is 0. The second-order valence-corrected chi connectivity index (χ2v) is 8.38. The van der Waals surface area contributed by atoms with E-state index in [2.05, 4.69) is 10.3 Å². The second-order valence-electron chi connectivity index (χ2n) is 8.38. The maximum atomic E-state index is 14.5. The van der Waals surface area contributed by atoms with Crippen molar-refractivity contribution in [2.75, 3.05) is 5.32 Å². The first-order valence-corrected chi connectivity index (χ1v) is 10.4.